The van der Waals surface area contributed by atoms with E-state index in [1.165, 1.54) is 0 Å². The summed E-state index contributed by atoms with van der Waals surface area (Å²) < 4.78 is 15.3. The molecule has 0 radical (unpaired) electrons. The summed E-state index contributed by atoms with van der Waals surface area (Å²) in [5.41, 5.74) is 0. The Morgan fingerprint density at radius 2 is 2.06 bits per heavy atom. The standard InChI is InChI=1S/C10H19N3O3/c1-7(10(14-3)15-4)11-6-5-9-12-8(2)13-16-9/h7,10-11H,5-6H2,1-4H3. The van der Waals surface area contributed by atoms with Gasteiger partial charge in [0.05, 0.1) is 6.04 Å². The van der Waals surface area contributed by atoms with Crippen molar-refractivity contribution in [1.82, 2.24) is 15.5 Å². The second-order valence-corrected chi connectivity index (χ2v) is 3.57. The van der Waals surface area contributed by atoms with Crippen molar-refractivity contribution in [2.45, 2.75) is 32.6 Å². The van der Waals surface area contributed by atoms with Crippen LogP contribution >= 0.6 is 0 Å². The first-order valence-corrected chi connectivity index (χ1v) is 5.25. The average molecular weight is 229 g/mol. The molecule has 0 aliphatic carbocycles. The summed E-state index contributed by atoms with van der Waals surface area (Å²) in [6.45, 7) is 4.54. The van der Waals surface area contributed by atoms with E-state index >= 15 is 0 Å². The van der Waals surface area contributed by atoms with Crippen LogP contribution in [0.15, 0.2) is 4.52 Å². The van der Waals surface area contributed by atoms with Gasteiger partial charge in [0.1, 0.15) is 0 Å². The number of nitrogens with one attached hydrogen (secondary N) is 1. The zero-order valence-corrected chi connectivity index (χ0v) is 10.2. The number of methoxy groups -OCH3 is 2. The summed E-state index contributed by atoms with van der Waals surface area (Å²) in [4.78, 5) is 4.11. The first-order valence-electron chi connectivity index (χ1n) is 5.25. The first kappa shape index (κ1) is 13.1. The molecule has 92 valence electrons. The van der Waals surface area contributed by atoms with Crippen LogP contribution in [0.3, 0.4) is 0 Å². The molecule has 0 amide bonds. The second-order valence-electron chi connectivity index (χ2n) is 3.57. The van der Waals surface area contributed by atoms with E-state index in [2.05, 4.69) is 15.5 Å². The minimum Gasteiger partial charge on any atom is -0.354 e. The highest BCUT2D eigenvalue weighted by Crippen LogP contribution is 2.00. The third-order valence-corrected chi connectivity index (χ3v) is 2.25. The monoisotopic (exact) mass is 229 g/mol. The number of hydrogen-bond donors (Lipinski definition) is 1. The van der Waals surface area contributed by atoms with Crippen LogP contribution in [-0.2, 0) is 15.9 Å². The summed E-state index contributed by atoms with van der Waals surface area (Å²) in [5.74, 6) is 1.30. The lowest BCUT2D eigenvalue weighted by atomic mass is 10.3. The van der Waals surface area contributed by atoms with Crippen LogP contribution in [0.25, 0.3) is 0 Å². The third kappa shape index (κ3) is 3.88. The Kier molecular flexibility index (Phi) is 5.37. The van der Waals surface area contributed by atoms with Crippen LogP contribution in [0.4, 0.5) is 0 Å². The van der Waals surface area contributed by atoms with Gasteiger partial charge in [-0.15, -0.1) is 0 Å². The molecular formula is C10H19N3O3. The lowest BCUT2D eigenvalue weighted by Gasteiger charge is -2.21. The van der Waals surface area contributed by atoms with Crippen molar-refractivity contribution in [2.24, 2.45) is 0 Å². The highest BCUT2D eigenvalue weighted by atomic mass is 16.7. The molecule has 0 bridgehead atoms. The van der Waals surface area contributed by atoms with Gasteiger partial charge in [-0.05, 0) is 13.8 Å². The van der Waals surface area contributed by atoms with Crippen molar-refractivity contribution in [1.29, 1.82) is 0 Å². The lowest BCUT2D eigenvalue weighted by molar-refractivity contribution is -0.119. The number of aromatic nitrogens is 2. The number of ether oxygens (including phenoxy) is 2. The maximum absolute atomic E-state index is 5.13. The summed E-state index contributed by atoms with van der Waals surface area (Å²) in [5, 5.41) is 6.98. The van der Waals surface area contributed by atoms with Crippen LogP contribution in [0.5, 0.6) is 0 Å². The maximum Gasteiger partial charge on any atom is 0.227 e. The first-order chi connectivity index (χ1) is 7.67. The highest BCUT2D eigenvalue weighted by Gasteiger charge is 2.14. The van der Waals surface area contributed by atoms with Crippen molar-refractivity contribution < 1.29 is 14.0 Å². The molecule has 0 aliphatic heterocycles. The predicted octanol–water partition coefficient (Wildman–Crippen LogP) is 0.518. The molecule has 1 rings (SSSR count). The number of nitrogens with zero attached hydrogens (tertiary/aromatic N) is 2. The zero-order chi connectivity index (χ0) is 12.0. The van der Waals surface area contributed by atoms with Crippen molar-refractivity contribution in [3.8, 4) is 0 Å². The Hall–Kier alpha value is -0.980. The Balaban J connectivity index is 2.24. The second kappa shape index (κ2) is 6.57. The quantitative estimate of drug-likeness (QED) is 0.687. The van der Waals surface area contributed by atoms with E-state index in [4.69, 9.17) is 14.0 Å². The fourth-order valence-electron chi connectivity index (χ4n) is 1.45. The lowest BCUT2D eigenvalue weighted by Crippen LogP contribution is -2.40. The fraction of sp³-hybridized carbons (Fsp3) is 0.800. The molecule has 0 aromatic carbocycles. The molecule has 1 N–H and O–H groups in total. The summed E-state index contributed by atoms with van der Waals surface area (Å²) in [7, 11) is 3.24. The van der Waals surface area contributed by atoms with E-state index in [0.717, 1.165) is 6.54 Å². The molecule has 0 saturated heterocycles. The molecule has 1 heterocycles. The molecule has 6 nitrogen and oxygen atoms in total. The largest absolute Gasteiger partial charge is 0.354 e. The van der Waals surface area contributed by atoms with E-state index < -0.39 is 0 Å². The van der Waals surface area contributed by atoms with E-state index in [9.17, 15) is 0 Å². The molecule has 0 fully saturated rings. The van der Waals surface area contributed by atoms with Crippen LogP contribution < -0.4 is 5.32 Å². The SMILES string of the molecule is COC(OC)C(C)NCCc1nc(C)no1. The van der Waals surface area contributed by atoms with E-state index in [0.29, 0.717) is 18.1 Å². The van der Waals surface area contributed by atoms with Gasteiger partial charge in [-0.25, -0.2) is 0 Å². The Morgan fingerprint density at radius 1 is 1.38 bits per heavy atom. The molecule has 0 saturated carbocycles. The van der Waals surface area contributed by atoms with Crippen molar-refractivity contribution in [3.05, 3.63) is 11.7 Å². The Bertz CT molecular complexity index is 299. The smallest absolute Gasteiger partial charge is 0.227 e. The van der Waals surface area contributed by atoms with Gasteiger partial charge in [-0.3, -0.25) is 0 Å². The summed E-state index contributed by atoms with van der Waals surface area (Å²) in [6.07, 6.45) is 0.454. The minimum absolute atomic E-state index is 0.110. The molecule has 1 aromatic heterocycles. The van der Waals surface area contributed by atoms with Gasteiger partial charge < -0.3 is 19.3 Å². The van der Waals surface area contributed by atoms with Crippen LogP contribution in [-0.4, -0.2) is 43.2 Å². The van der Waals surface area contributed by atoms with Gasteiger partial charge in [0.2, 0.25) is 5.89 Å². The van der Waals surface area contributed by atoms with Gasteiger partial charge in [0.15, 0.2) is 12.1 Å². The summed E-state index contributed by atoms with van der Waals surface area (Å²) in [6, 6.07) is 0.110. The maximum atomic E-state index is 5.13. The number of aryl methyl sites for hydroxylation is 1. The van der Waals surface area contributed by atoms with Crippen molar-refractivity contribution >= 4 is 0 Å². The van der Waals surface area contributed by atoms with Gasteiger partial charge >= 0.3 is 0 Å². The average Bonchev–Trinajstić information content (AvgIpc) is 2.66. The van der Waals surface area contributed by atoms with Crippen LogP contribution in [0, 0.1) is 6.92 Å². The molecule has 0 aliphatic rings. The normalized spacial score (nSPS) is 13.3. The predicted molar refractivity (Wildman–Crippen MR) is 58.0 cm³/mol. The molecular weight excluding hydrogens is 210 g/mol. The topological polar surface area (TPSA) is 69.4 Å². The van der Waals surface area contributed by atoms with Crippen LogP contribution in [0.2, 0.25) is 0 Å². The minimum atomic E-state index is -0.246. The van der Waals surface area contributed by atoms with Gasteiger partial charge in [-0.2, -0.15) is 4.98 Å². The number of rotatable bonds is 7. The fourth-order valence-corrected chi connectivity index (χ4v) is 1.45. The molecule has 0 spiro atoms. The van der Waals surface area contributed by atoms with Gasteiger partial charge in [0, 0.05) is 27.2 Å². The van der Waals surface area contributed by atoms with Gasteiger partial charge in [0.25, 0.3) is 0 Å². The Labute approximate surface area is 95.3 Å². The molecule has 1 atom stereocenters. The van der Waals surface area contributed by atoms with E-state index in [-0.39, 0.29) is 12.3 Å². The molecule has 1 aromatic rings. The van der Waals surface area contributed by atoms with Crippen molar-refractivity contribution in [2.75, 3.05) is 20.8 Å². The van der Waals surface area contributed by atoms with Crippen molar-refractivity contribution in [3.63, 3.8) is 0 Å². The molecule has 6 heteroatoms. The number of hydrogen-bond acceptors (Lipinski definition) is 6. The van der Waals surface area contributed by atoms with E-state index in [1.807, 2.05) is 6.92 Å². The molecule has 16 heavy (non-hydrogen) atoms. The highest BCUT2D eigenvalue weighted by molar-refractivity contribution is 4.83. The Morgan fingerprint density at radius 3 is 2.56 bits per heavy atom. The summed E-state index contributed by atoms with van der Waals surface area (Å²) >= 11 is 0. The van der Waals surface area contributed by atoms with Gasteiger partial charge in [-0.1, -0.05) is 5.16 Å². The van der Waals surface area contributed by atoms with E-state index in [1.54, 1.807) is 21.1 Å². The van der Waals surface area contributed by atoms with Crippen LogP contribution in [0.1, 0.15) is 18.6 Å². The third-order valence-electron chi connectivity index (χ3n) is 2.25. The molecule has 1 unspecified atom stereocenters. The zero-order valence-electron chi connectivity index (χ0n) is 10.2.